The molecular weight excluding hydrogens is 296 g/mol. The third-order valence-corrected chi connectivity index (χ3v) is 5.20. The van der Waals surface area contributed by atoms with Gasteiger partial charge in [-0.15, -0.1) is 0 Å². The number of sulfonamides is 1. The number of hydrogen-bond donors (Lipinski definition) is 1. The Kier molecular flexibility index (Phi) is 4.38. The van der Waals surface area contributed by atoms with E-state index in [2.05, 4.69) is 4.72 Å². The van der Waals surface area contributed by atoms with Crippen LogP contribution in [-0.2, 0) is 14.8 Å². The normalized spacial score (nSPS) is 16.9. The standard InChI is InChI=1S/C13H16N2O5S/c1-9-2-5-11(15(17)18)8-13(9)21(19,20)14-10-3-6-12(16)7-4-10/h2,5,8,10,14H,3-4,6-7H2,1H3. The Morgan fingerprint density at radius 2 is 1.90 bits per heavy atom. The van der Waals surface area contributed by atoms with Gasteiger partial charge in [-0.1, -0.05) is 6.07 Å². The summed E-state index contributed by atoms with van der Waals surface area (Å²) in [6.45, 7) is 1.59. The van der Waals surface area contributed by atoms with Crippen LogP contribution in [0.4, 0.5) is 5.69 Å². The van der Waals surface area contributed by atoms with Gasteiger partial charge in [0.2, 0.25) is 10.0 Å². The molecule has 1 fully saturated rings. The second-order valence-corrected chi connectivity index (χ2v) is 6.82. The number of benzene rings is 1. The summed E-state index contributed by atoms with van der Waals surface area (Å²) in [6.07, 6.45) is 1.65. The first-order chi connectivity index (χ1) is 9.79. The second kappa shape index (κ2) is 5.90. The first-order valence-corrected chi connectivity index (χ1v) is 8.07. The van der Waals surface area contributed by atoms with Crippen LogP contribution in [0.15, 0.2) is 23.1 Å². The van der Waals surface area contributed by atoms with Gasteiger partial charge in [-0.3, -0.25) is 14.9 Å². The fourth-order valence-electron chi connectivity index (χ4n) is 2.33. The van der Waals surface area contributed by atoms with Gasteiger partial charge >= 0.3 is 0 Å². The highest BCUT2D eigenvalue weighted by molar-refractivity contribution is 7.89. The van der Waals surface area contributed by atoms with Crippen molar-refractivity contribution in [3.05, 3.63) is 33.9 Å². The molecule has 0 heterocycles. The smallest absolute Gasteiger partial charge is 0.270 e. The molecule has 0 spiro atoms. The summed E-state index contributed by atoms with van der Waals surface area (Å²) >= 11 is 0. The van der Waals surface area contributed by atoms with Gasteiger partial charge in [0.15, 0.2) is 0 Å². The number of nitrogens with one attached hydrogen (secondary N) is 1. The average molecular weight is 312 g/mol. The van der Waals surface area contributed by atoms with Crippen molar-refractivity contribution >= 4 is 21.5 Å². The largest absolute Gasteiger partial charge is 0.300 e. The molecule has 1 aromatic carbocycles. The molecule has 0 unspecified atom stereocenters. The molecule has 21 heavy (non-hydrogen) atoms. The number of nitro groups is 1. The van der Waals surface area contributed by atoms with Crippen LogP contribution >= 0.6 is 0 Å². The van der Waals surface area contributed by atoms with Crippen molar-refractivity contribution in [1.82, 2.24) is 4.72 Å². The van der Waals surface area contributed by atoms with E-state index < -0.39 is 14.9 Å². The van der Waals surface area contributed by atoms with Gasteiger partial charge in [0.1, 0.15) is 5.78 Å². The molecule has 0 atom stereocenters. The Morgan fingerprint density at radius 1 is 1.29 bits per heavy atom. The van der Waals surface area contributed by atoms with Gasteiger partial charge < -0.3 is 0 Å². The molecule has 0 aliphatic heterocycles. The minimum atomic E-state index is -3.83. The van der Waals surface area contributed by atoms with Crippen LogP contribution in [0.2, 0.25) is 0 Å². The molecule has 8 heteroatoms. The zero-order valence-corrected chi connectivity index (χ0v) is 12.4. The SMILES string of the molecule is Cc1ccc([N+](=O)[O-])cc1S(=O)(=O)NC1CCC(=O)CC1. The molecule has 114 valence electrons. The predicted octanol–water partition coefficient (Wildman–Crippen LogP) is 1.69. The van der Waals surface area contributed by atoms with E-state index in [9.17, 15) is 23.3 Å². The zero-order chi connectivity index (χ0) is 15.6. The summed E-state index contributed by atoms with van der Waals surface area (Å²) in [5.74, 6) is 0.136. The van der Waals surface area contributed by atoms with E-state index in [4.69, 9.17) is 0 Å². The maximum Gasteiger partial charge on any atom is 0.270 e. The number of carbonyl (C=O) groups excluding carboxylic acids is 1. The zero-order valence-electron chi connectivity index (χ0n) is 11.5. The van der Waals surface area contributed by atoms with Gasteiger partial charge in [0, 0.05) is 31.0 Å². The molecule has 0 bridgehead atoms. The van der Waals surface area contributed by atoms with E-state index in [1.807, 2.05) is 0 Å². The number of nitrogens with zero attached hydrogens (tertiary/aromatic N) is 1. The lowest BCUT2D eigenvalue weighted by Gasteiger charge is -2.22. The Labute approximate surface area is 122 Å². The van der Waals surface area contributed by atoms with Crippen molar-refractivity contribution in [2.45, 2.75) is 43.5 Å². The lowest BCUT2D eigenvalue weighted by molar-refractivity contribution is -0.385. The Balaban J connectivity index is 2.25. The summed E-state index contributed by atoms with van der Waals surface area (Å²) in [4.78, 5) is 21.2. The van der Waals surface area contributed by atoms with Crippen molar-refractivity contribution in [3.8, 4) is 0 Å². The van der Waals surface area contributed by atoms with Gasteiger partial charge in [-0.25, -0.2) is 13.1 Å². The minimum Gasteiger partial charge on any atom is -0.300 e. The quantitative estimate of drug-likeness (QED) is 0.672. The lowest BCUT2D eigenvalue weighted by Crippen LogP contribution is -2.37. The van der Waals surface area contributed by atoms with E-state index in [-0.39, 0.29) is 22.4 Å². The van der Waals surface area contributed by atoms with E-state index in [0.29, 0.717) is 31.2 Å². The van der Waals surface area contributed by atoms with Crippen LogP contribution < -0.4 is 4.72 Å². The average Bonchev–Trinajstić information content (AvgIpc) is 2.41. The molecule has 1 aromatic rings. The van der Waals surface area contributed by atoms with Crippen LogP contribution in [0.5, 0.6) is 0 Å². The summed E-state index contributed by atoms with van der Waals surface area (Å²) in [5.41, 5.74) is 0.180. The fraction of sp³-hybridized carbons (Fsp3) is 0.462. The number of aryl methyl sites for hydroxylation is 1. The molecule has 0 amide bonds. The van der Waals surface area contributed by atoms with Gasteiger partial charge in [-0.2, -0.15) is 0 Å². The van der Waals surface area contributed by atoms with Crippen molar-refractivity contribution in [2.24, 2.45) is 0 Å². The Bertz CT molecular complexity index is 674. The molecule has 1 aliphatic carbocycles. The Morgan fingerprint density at radius 3 is 2.48 bits per heavy atom. The van der Waals surface area contributed by atoms with E-state index >= 15 is 0 Å². The van der Waals surface area contributed by atoms with Crippen molar-refractivity contribution in [2.75, 3.05) is 0 Å². The van der Waals surface area contributed by atoms with E-state index in [1.165, 1.54) is 12.1 Å². The van der Waals surface area contributed by atoms with Crippen molar-refractivity contribution in [1.29, 1.82) is 0 Å². The van der Waals surface area contributed by atoms with Gasteiger partial charge in [-0.05, 0) is 25.3 Å². The number of Topliss-reactive ketones (excluding diaryl/α,β-unsaturated/α-hetero) is 1. The topological polar surface area (TPSA) is 106 Å². The summed E-state index contributed by atoms with van der Waals surface area (Å²) < 4.78 is 27.3. The molecular formula is C13H16N2O5S. The number of hydrogen-bond acceptors (Lipinski definition) is 5. The van der Waals surface area contributed by atoms with Gasteiger partial charge in [0.25, 0.3) is 5.69 Å². The Hall–Kier alpha value is -1.80. The van der Waals surface area contributed by atoms with Crippen LogP contribution in [0.3, 0.4) is 0 Å². The van der Waals surface area contributed by atoms with Crippen molar-refractivity contribution < 1.29 is 18.1 Å². The highest BCUT2D eigenvalue weighted by atomic mass is 32.2. The number of nitro benzene ring substituents is 1. The summed E-state index contributed by atoms with van der Waals surface area (Å²) in [6, 6.07) is 3.45. The number of ketones is 1. The first-order valence-electron chi connectivity index (χ1n) is 6.58. The highest BCUT2D eigenvalue weighted by Gasteiger charge is 2.26. The van der Waals surface area contributed by atoms with E-state index in [1.54, 1.807) is 6.92 Å². The van der Waals surface area contributed by atoms with E-state index in [0.717, 1.165) is 6.07 Å². The van der Waals surface area contributed by atoms with Crippen molar-refractivity contribution in [3.63, 3.8) is 0 Å². The molecule has 0 aromatic heterocycles. The number of carbonyl (C=O) groups is 1. The molecule has 0 saturated heterocycles. The van der Waals surface area contributed by atoms with Crippen LogP contribution in [-0.4, -0.2) is 25.2 Å². The fourth-order valence-corrected chi connectivity index (χ4v) is 3.90. The summed E-state index contributed by atoms with van der Waals surface area (Å²) in [5, 5.41) is 10.8. The van der Waals surface area contributed by atoms with Gasteiger partial charge in [0.05, 0.1) is 9.82 Å². The summed E-state index contributed by atoms with van der Waals surface area (Å²) in [7, 11) is -3.83. The maximum absolute atomic E-state index is 12.4. The van der Waals surface area contributed by atoms with Crippen LogP contribution in [0, 0.1) is 17.0 Å². The monoisotopic (exact) mass is 312 g/mol. The second-order valence-electron chi connectivity index (χ2n) is 5.14. The molecule has 1 aliphatic rings. The number of rotatable bonds is 4. The molecule has 1 saturated carbocycles. The third kappa shape index (κ3) is 3.64. The van der Waals surface area contributed by atoms with Crippen LogP contribution in [0.25, 0.3) is 0 Å². The minimum absolute atomic E-state index is 0.0893. The first kappa shape index (κ1) is 15.6. The predicted molar refractivity (Wildman–Crippen MR) is 75.4 cm³/mol. The maximum atomic E-state index is 12.4. The van der Waals surface area contributed by atoms with Crippen LogP contribution in [0.1, 0.15) is 31.2 Å². The number of non-ortho nitro benzene ring substituents is 1. The highest BCUT2D eigenvalue weighted by Crippen LogP contribution is 2.23. The lowest BCUT2D eigenvalue weighted by atomic mass is 9.95. The third-order valence-electron chi connectivity index (χ3n) is 3.54. The molecule has 0 radical (unpaired) electrons. The molecule has 1 N–H and O–H groups in total. The molecule has 2 rings (SSSR count). The molecule has 7 nitrogen and oxygen atoms in total.